The Hall–Kier alpha value is -1.06. The SMILES string of the molecule is OCCNCc1ccc(O)cc1. The summed E-state index contributed by atoms with van der Waals surface area (Å²) in [6.45, 7) is 1.47. The van der Waals surface area contributed by atoms with Crippen LogP contribution in [0.1, 0.15) is 5.56 Å². The first-order chi connectivity index (χ1) is 5.83. The first-order valence-electron chi connectivity index (χ1n) is 3.92. The molecule has 1 aromatic carbocycles. The van der Waals surface area contributed by atoms with E-state index in [1.165, 1.54) is 0 Å². The van der Waals surface area contributed by atoms with E-state index in [4.69, 9.17) is 10.2 Å². The molecule has 0 bridgehead atoms. The Bertz CT molecular complexity index is 220. The van der Waals surface area contributed by atoms with Gasteiger partial charge < -0.3 is 15.5 Å². The second-order valence-corrected chi connectivity index (χ2v) is 2.57. The molecule has 0 saturated heterocycles. The molecule has 1 aromatic rings. The van der Waals surface area contributed by atoms with Gasteiger partial charge in [-0.25, -0.2) is 0 Å². The Morgan fingerprint density at radius 2 is 1.83 bits per heavy atom. The molecule has 0 unspecified atom stereocenters. The van der Waals surface area contributed by atoms with Crippen LogP contribution in [0.15, 0.2) is 24.3 Å². The Morgan fingerprint density at radius 1 is 1.17 bits per heavy atom. The average molecular weight is 167 g/mol. The monoisotopic (exact) mass is 167 g/mol. The van der Waals surface area contributed by atoms with Crippen molar-refractivity contribution in [3.63, 3.8) is 0 Å². The number of aliphatic hydroxyl groups is 1. The maximum atomic E-state index is 8.97. The molecule has 66 valence electrons. The number of benzene rings is 1. The summed E-state index contributed by atoms with van der Waals surface area (Å²) in [5.41, 5.74) is 1.10. The fourth-order valence-corrected chi connectivity index (χ4v) is 0.926. The van der Waals surface area contributed by atoms with Crippen molar-refractivity contribution in [3.8, 4) is 5.75 Å². The van der Waals surface area contributed by atoms with Crippen LogP contribution in [0.2, 0.25) is 0 Å². The molecule has 0 fully saturated rings. The number of nitrogens with one attached hydrogen (secondary N) is 1. The number of phenolic OH excluding ortho intramolecular Hbond substituents is 1. The molecule has 0 atom stereocenters. The second kappa shape index (κ2) is 4.74. The van der Waals surface area contributed by atoms with Crippen LogP contribution in [0.5, 0.6) is 5.75 Å². The van der Waals surface area contributed by atoms with Gasteiger partial charge in [-0.1, -0.05) is 12.1 Å². The van der Waals surface area contributed by atoms with Gasteiger partial charge in [-0.05, 0) is 17.7 Å². The highest BCUT2D eigenvalue weighted by molar-refractivity contribution is 5.25. The average Bonchev–Trinajstić information content (AvgIpc) is 2.09. The van der Waals surface area contributed by atoms with Crippen LogP contribution in [0, 0.1) is 0 Å². The van der Waals surface area contributed by atoms with Crippen molar-refractivity contribution in [2.75, 3.05) is 13.2 Å². The third kappa shape index (κ3) is 2.90. The predicted octanol–water partition coefficient (Wildman–Crippen LogP) is 0.474. The highest BCUT2D eigenvalue weighted by Crippen LogP contribution is 2.08. The molecule has 0 aliphatic rings. The second-order valence-electron chi connectivity index (χ2n) is 2.57. The van der Waals surface area contributed by atoms with E-state index in [2.05, 4.69) is 5.32 Å². The van der Waals surface area contributed by atoms with Crippen LogP contribution < -0.4 is 5.32 Å². The molecule has 0 spiro atoms. The number of rotatable bonds is 4. The lowest BCUT2D eigenvalue weighted by molar-refractivity contribution is 0.292. The number of aromatic hydroxyl groups is 1. The van der Waals surface area contributed by atoms with E-state index in [1.807, 2.05) is 12.1 Å². The number of hydrogen-bond acceptors (Lipinski definition) is 3. The summed E-state index contributed by atoms with van der Waals surface area (Å²) in [5, 5.41) is 20.5. The van der Waals surface area contributed by atoms with E-state index in [1.54, 1.807) is 12.1 Å². The van der Waals surface area contributed by atoms with Gasteiger partial charge in [-0.3, -0.25) is 0 Å². The first kappa shape index (κ1) is 9.03. The summed E-state index contributed by atoms with van der Waals surface area (Å²) in [6, 6.07) is 6.99. The topological polar surface area (TPSA) is 52.5 Å². The van der Waals surface area contributed by atoms with E-state index in [0.29, 0.717) is 6.54 Å². The normalized spacial score (nSPS) is 10.1. The smallest absolute Gasteiger partial charge is 0.115 e. The van der Waals surface area contributed by atoms with Crippen molar-refractivity contribution >= 4 is 0 Å². The minimum atomic E-state index is 0.151. The van der Waals surface area contributed by atoms with Crippen LogP contribution in [-0.2, 0) is 6.54 Å². The van der Waals surface area contributed by atoms with Gasteiger partial charge in [0.05, 0.1) is 6.61 Å². The molecule has 12 heavy (non-hydrogen) atoms. The van der Waals surface area contributed by atoms with Crippen molar-refractivity contribution in [1.82, 2.24) is 5.32 Å². The van der Waals surface area contributed by atoms with Gasteiger partial charge in [0, 0.05) is 13.1 Å². The molecule has 3 heteroatoms. The highest BCUT2D eigenvalue weighted by atomic mass is 16.3. The number of phenols is 1. The zero-order valence-electron chi connectivity index (χ0n) is 6.83. The molecule has 3 nitrogen and oxygen atoms in total. The van der Waals surface area contributed by atoms with Crippen molar-refractivity contribution in [2.24, 2.45) is 0 Å². The zero-order chi connectivity index (χ0) is 8.81. The lowest BCUT2D eigenvalue weighted by atomic mass is 10.2. The fourth-order valence-electron chi connectivity index (χ4n) is 0.926. The third-order valence-electron chi connectivity index (χ3n) is 1.55. The molecule has 0 heterocycles. The van der Waals surface area contributed by atoms with Crippen molar-refractivity contribution < 1.29 is 10.2 Å². The summed E-state index contributed by atoms with van der Waals surface area (Å²) in [6.07, 6.45) is 0. The lowest BCUT2D eigenvalue weighted by Crippen LogP contribution is -2.17. The Morgan fingerprint density at radius 3 is 2.42 bits per heavy atom. The summed E-state index contributed by atoms with van der Waals surface area (Å²) < 4.78 is 0. The molecule has 0 saturated carbocycles. The van der Waals surface area contributed by atoms with Gasteiger partial charge in [-0.15, -0.1) is 0 Å². The molecule has 0 amide bonds. The maximum absolute atomic E-state index is 8.97. The highest BCUT2D eigenvalue weighted by Gasteiger charge is 1.91. The van der Waals surface area contributed by atoms with Crippen molar-refractivity contribution in [2.45, 2.75) is 6.54 Å². The van der Waals surface area contributed by atoms with Gasteiger partial charge in [0.1, 0.15) is 5.75 Å². The Balaban J connectivity index is 2.37. The molecule has 0 aromatic heterocycles. The molecule has 0 radical (unpaired) electrons. The van der Waals surface area contributed by atoms with E-state index in [9.17, 15) is 0 Å². The third-order valence-corrected chi connectivity index (χ3v) is 1.55. The van der Waals surface area contributed by atoms with Crippen molar-refractivity contribution in [1.29, 1.82) is 0 Å². The van der Waals surface area contributed by atoms with Crippen LogP contribution >= 0.6 is 0 Å². The largest absolute Gasteiger partial charge is 0.508 e. The van der Waals surface area contributed by atoms with Gasteiger partial charge in [0.15, 0.2) is 0 Å². The van der Waals surface area contributed by atoms with Crippen LogP contribution in [0.3, 0.4) is 0 Å². The van der Waals surface area contributed by atoms with Gasteiger partial charge in [0.2, 0.25) is 0 Å². The molecule has 0 aliphatic heterocycles. The first-order valence-corrected chi connectivity index (χ1v) is 3.92. The zero-order valence-corrected chi connectivity index (χ0v) is 6.83. The van der Waals surface area contributed by atoms with Crippen LogP contribution in [0.4, 0.5) is 0 Å². The lowest BCUT2D eigenvalue weighted by Gasteiger charge is -2.02. The van der Waals surface area contributed by atoms with E-state index >= 15 is 0 Å². The van der Waals surface area contributed by atoms with Gasteiger partial charge in [0.25, 0.3) is 0 Å². The molecule has 3 N–H and O–H groups in total. The summed E-state index contributed by atoms with van der Waals surface area (Å²) in [7, 11) is 0. The van der Waals surface area contributed by atoms with E-state index in [-0.39, 0.29) is 12.4 Å². The van der Waals surface area contributed by atoms with Gasteiger partial charge >= 0.3 is 0 Å². The molecule has 1 rings (SSSR count). The standard InChI is InChI=1S/C9H13NO2/c11-6-5-10-7-8-1-3-9(12)4-2-8/h1-4,10-12H,5-7H2. The van der Waals surface area contributed by atoms with Gasteiger partial charge in [-0.2, -0.15) is 0 Å². The Kier molecular flexibility index (Phi) is 3.57. The van der Waals surface area contributed by atoms with Crippen molar-refractivity contribution in [3.05, 3.63) is 29.8 Å². The van der Waals surface area contributed by atoms with Crippen LogP contribution in [-0.4, -0.2) is 23.4 Å². The quantitative estimate of drug-likeness (QED) is 0.571. The predicted molar refractivity (Wildman–Crippen MR) is 46.9 cm³/mol. The minimum absolute atomic E-state index is 0.151. The summed E-state index contributed by atoms with van der Waals surface area (Å²) in [4.78, 5) is 0. The summed E-state index contributed by atoms with van der Waals surface area (Å²) >= 11 is 0. The fraction of sp³-hybridized carbons (Fsp3) is 0.333. The molecular weight excluding hydrogens is 154 g/mol. The molecule has 0 aliphatic carbocycles. The van der Waals surface area contributed by atoms with Crippen LogP contribution in [0.25, 0.3) is 0 Å². The maximum Gasteiger partial charge on any atom is 0.115 e. The van der Waals surface area contributed by atoms with E-state index < -0.39 is 0 Å². The number of hydrogen-bond donors (Lipinski definition) is 3. The number of aliphatic hydroxyl groups excluding tert-OH is 1. The van der Waals surface area contributed by atoms with E-state index in [0.717, 1.165) is 12.1 Å². The minimum Gasteiger partial charge on any atom is -0.508 e. The Labute approximate surface area is 71.7 Å². The summed E-state index contributed by atoms with van der Waals surface area (Å²) in [5.74, 6) is 0.279. The molecular formula is C9H13NO2.